The Hall–Kier alpha value is -2.75. The monoisotopic (exact) mass is 486 g/mol. The van der Waals surface area contributed by atoms with Crippen molar-refractivity contribution in [1.82, 2.24) is 20.2 Å². The van der Waals surface area contributed by atoms with Crippen LogP contribution in [-0.2, 0) is 4.79 Å². The number of carbonyl (C=O) groups excluding carboxylic acids is 3. The van der Waals surface area contributed by atoms with Crippen LogP contribution < -0.4 is 5.32 Å². The van der Waals surface area contributed by atoms with Gasteiger partial charge < -0.3 is 5.32 Å². The number of hydrogen-bond acceptors (Lipinski definition) is 7. The van der Waals surface area contributed by atoms with Gasteiger partial charge in [-0.3, -0.25) is 19.3 Å². The number of nitrogens with one attached hydrogen (secondary N) is 1. The predicted octanol–water partition coefficient (Wildman–Crippen LogP) is 4.74. The zero-order valence-electron chi connectivity index (χ0n) is 17.6. The fourth-order valence-electron chi connectivity index (χ4n) is 3.45. The number of fused-ring (bicyclic) bond motifs is 1. The van der Waals surface area contributed by atoms with Gasteiger partial charge in [0.05, 0.1) is 9.78 Å². The highest BCUT2D eigenvalue weighted by molar-refractivity contribution is 8.18. The molecule has 1 fully saturated rings. The maximum atomic E-state index is 12.7. The molecule has 3 amide bonds. The normalized spacial score (nSPS) is 15.2. The van der Waals surface area contributed by atoms with E-state index in [1.807, 2.05) is 20.8 Å². The average Bonchev–Trinajstić information content (AvgIpc) is 3.20. The van der Waals surface area contributed by atoms with Crippen LogP contribution in [0.5, 0.6) is 0 Å². The summed E-state index contributed by atoms with van der Waals surface area (Å²) in [5.74, 6) is 0.0315. The second-order valence-electron chi connectivity index (χ2n) is 7.23. The number of hydrogen-bond donors (Lipinski definition) is 1. The highest BCUT2D eigenvalue weighted by atomic mass is 35.5. The van der Waals surface area contributed by atoms with Crippen molar-refractivity contribution in [2.24, 2.45) is 0 Å². The van der Waals surface area contributed by atoms with E-state index in [-0.39, 0.29) is 30.1 Å². The van der Waals surface area contributed by atoms with Crippen molar-refractivity contribution >= 4 is 68.0 Å². The Morgan fingerprint density at radius 2 is 1.88 bits per heavy atom. The predicted molar refractivity (Wildman–Crippen MR) is 128 cm³/mol. The molecule has 0 saturated carbocycles. The van der Waals surface area contributed by atoms with Crippen LogP contribution in [0.15, 0.2) is 29.2 Å². The number of imide groups is 1. The maximum absolute atomic E-state index is 12.7. The van der Waals surface area contributed by atoms with Gasteiger partial charge in [0, 0.05) is 29.2 Å². The summed E-state index contributed by atoms with van der Waals surface area (Å²) in [6.45, 7) is 5.84. The zero-order valence-corrected chi connectivity index (χ0v) is 20.0. The third-order valence-electron chi connectivity index (χ3n) is 4.95. The quantitative estimate of drug-likeness (QED) is 0.524. The van der Waals surface area contributed by atoms with Gasteiger partial charge in [0.25, 0.3) is 17.1 Å². The van der Waals surface area contributed by atoms with Crippen LogP contribution >= 0.6 is 34.7 Å². The van der Waals surface area contributed by atoms with Gasteiger partial charge in [0.2, 0.25) is 0 Å². The van der Waals surface area contributed by atoms with Crippen molar-refractivity contribution in [2.75, 3.05) is 13.1 Å². The van der Waals surface area contributed by atoms with E-state index in [0.717, 1.165) is 43.7 Å². The molecule has 0 bridgehead atoms. The van der Waals surface area contributed by atoms with E-state index >= 15 is 0 Å². The van der Waals surface area contributed by atoms with Crippen LogP contribution in [0.4, 0.5) is 4.79 Å². The third kappa shape index (κ3) is 4.41. The van der Waals surface area contributed by atoms with E-state index in [4.69, 9.17) is 11.6 Å². The second kappa shape index (κ2) is 9.01. The Morgan fingerprint density at radius 3 is 2.59 bits per heavy atom. The second-order valence-corrected chi connectivity index (χ2v) is 9.66. The van der Waals surface area contributed by atoms with Gasteiger partial charge in [-0.15, -0.1) is 11.3 Å². The molecule has 0 spiro atoms. The first-order valence-electron chi connectivity index (χ1n) is 9.78. The molecule has 1 saturated heterocycles. The molecule has 1 aromatic carbocycles. The number of rotatable bonds is 5. The van der Waals surface area contributed by atoms with Crippen LogP contribution in [0.1, 0.15) is 32.3 Å². The number of amides is 3. The van der Waals surface area contributed by atoms with Crippen LogP contribution in [-0.4, -0.2) is 45.0 Å². The molecule has 3 aromatic rings. The van der Waals surface area contributed by atoms with Crippen molar-refractivity contribution in [3.8, 4) is 0 Å². The molecule has 1 N–H and O–H groups in total. The summed E-state index contributed by atoms with van der Waals surface area (Å²) in [4.78, 5) is 49.3. The Morgan fingerprint density at radius 1 is 1.16 bits per heavy atom. The molecule has 3 heterocycles. The number of carbonyl (C=O) groups is 3. The molecule has 0 atom stereocenters. The number of halogens is 1. The van der Waals surface area contributed by atoms with Crippen molar-refractivity contribution in [1.29, 1.82) is 0 Å². The van der Waals surface area contributed by atoms with E-state index in [2.05, 4.69) is 15.3 Å². The molecule has 164 valence electrons. The number of thioether (sulfide) groups is 1. The van der Waals surface area contributed by atoms with E-state index in [0.29, 0.717) is 20.6 Å². The smallest absolute Gasteiger partial charge is 0.293 e. The van der Waals surface area contributed by atoms with Gasteiger partial charge >= 0.3 is 0 Å². The molecule has 10 heteroatoms. The van der Waals surface area contributed by atoms with Gasteiger partial charge in [-0.1, -0.05) is 23.7 Å². The minimum absolute atomic E-state index is 0.0935. The number of thiophene rings is 1. The zero-order chi connectivity index (χ0) is 23.0. The van der Waals surface area contributed by atoms with Crippen molar-refractivity contribution in [2.45, 2.75) is 20.8 Å². The van der Waals surface area contributed by atoms with Crippen LogP contribution in [0.3, 0.4) is 0 Å². The minimum atomic E-state index is -0.372. The maximum Gasteiger partial charge on any atom is 0.293 e. The average molecular weight is 487 g/mol. The van der Waals surface area contributed by atoms with E-state index in [1.165, 1.54) is 11.3 Å². The third-order valence-corrected chi connectivity index (χ3v) is 7.30. The molecule has 4 rings (SSSR count). The summed E-state index contributed by atoms with van der Waals surface area (Å²) in [6.07, 6.45) is 1.66. The lowest BCUT2D eigenvalue weighted by Gasteiger charge is -2.12. The van der Waals surface area contributed by atoms with Crippen LogP contribution in [0, 0.1) is 20.8 Å². The fraction of sp³-hybridized carbons (Fsp3) is 0.227. The van der Waals surface area contributed by atoms with Gasteiger partial charge in [0.1, 0.15) is 10.7 Å². The largest absolute Gasteiger partial charge is 0.350 e. The summed E-state index contributed by atoms with van der Waals surface area (Å²) in [5.41, 5.74) is 2.45. The lowest BCUT2D eigenvalue weighted by molar-refractivity contribution is -0.122. The topological polar surface area (TPSA) is 92.3 Å². The molecule has 1 aliphatic rings. The molecule has 7 nitrogen and oxygen atoms in total. The molecule has 1 aliphatic heterocycles. The lowest BCUT2D eigenvalue weighted by atomic mass is 10.1. The van der Waals surface area contributed by atoms with Crippen molar-refractivity contribution in [3.05, 3.63) is 61.7 Å². The van der Waals surface area contributed by atoms with Crippen LogP contribution in [0.25, 0.3) is 16.3 Å². The minimum Gasteiger partial charge on any atom is -0.350 e. The van der Waals surface area contributed by atoms with Gasteiger partial charge in [-0.05, 0) is 61.9 Å². The standard InChI is InChI=1S/C22H19ClN4O3S2/c1-11-17-12(2)25-13(3)26-20(17)32-18(11)19(28)24-8-9-27-21(29)16(31-22(27)30)10-14-4-6-15(23)7-5-14/h4-7,10H,8-9H2,1-3H3,(H,24,28)/b16-10-. The van der Waals surface area contributed by atoms with E-state index < -0.39 is 0 Å². The first-order chi connectivity index (χ1) is 15.2. The number of aryl methyl sites for hydroxylation is 3. The Balaban J connectivity index is 1.41. The van der Waals surface area contributed by atoms with Crippen molar-refractivity contribution in [3.63, 3.8) is 0 Å². The SMILES string of the molecule is Cc1nc(C)c2c(C)c(C(=O)NCCN3C(=O)S/C(=C\c4ccc(Cl)cc4)C3=O)sc2n1. The highest BCUT2D eigenvalue weighted by Gasteiger charge is 2.34. The Kier molecular flexibility index (Phi) is 6.32. The Bertz CT molecular complexity index is 1280. The first kappa shape index (κ1) is 22.4. The number of aromatic nitrogens is 2. The van der Waals surface area contributed by atoms with Gasteiger partial charge in [-0.2, -0.15) is 0 Å². The summed E-state index contributed by atoms with van der Waals surface area (Å²) in [7, 11) is 0. The summed E-state index contributed by atoms with van der Waals surface area (Å²) in [6, 6.07) is 6.99. The molecule has 32 heavy (non-hydrogen) atoms. The lowest BCUT2D eigenvalue weighted by Crippen LogP contribution is -2.37. The number of nitrogens with zero attached hydrogens (tertiary/aromatic N) is 3. The molecule has 2 aromatic heterocycles. The molecular formula is C22H19ClN4O3S2. The van der Waals surface area contributed by atoms with Crippen molar-refractivity contribution < 1.29 is 14.4 Å². The Labute approximate surface area is 197 Å². The van der Waals surface area contributed by atoms with Gasteiger partial charge in [0.15, 0.2) is 0 Å². The summed E-state index contributed by atoms with van der Waals surface area (Å²) in [5, 5.41) is 3.94. The van der Waals surface area contributed by atoms with Crippen LogP contribution in [0.2, 0.25) is 5.02 Å². The molecular weight excluding hydrogens is 468 g/mol. The molecule has 0 radical (unpaired) electrons. The van der Waals surface area contributed by atoms with E-state index in [1.54, 1.807) is 30.3 Å². The van der Waals surface area contributed by atoms with Gasteiger partial charge in [-0.25, -0.2) is 9.97 Å². The summed E-state index contributed by atoms with van der Waals surface area (Å²) >= 11 is 8.08. The highest BCUT2D eigenvalue weighted by Crippen LogP contribution is 2.33. The number of benzene rings is 1. The fourth-order valence-corrected chi connectivity index (χ4v) is 5.64. The van der Waals surface area contributed by atoms with E-state index in [9.17, 15) is 14.4 Å². The molecule has 0 unspecified atom stereocenters. The summed E-state index contributed by atoms with van der Waals surface area (Å²) < 4.78 is 0. The first-order valence-corrected chi connectivity index (χ1v) is 11.8. The molecule has 0 aliphatic carbocycles.